The van der Waals surface area contributed by atoms with Crippen LogP contribution in [-0.4, -0.2) is 84.5 Å². The maximum atomic E-state index is 13.9. The van der Waals surface area contributed by atoms with Crippen molar-refractivity contribution in [1.82, 2.24) is 0 Å². The Morgan fingerprint density at radius 1 is 0.438 bits per heavy atom. The molecule has 0 spiro atoms. The molecule has 1 rings (SSSR count). The van der Waals surface area contributed by atoms with Gasteiger partial charge in [-0.05, 0) is 12.1 Å². The maximum Gasteiger partial charge on any atom is 0.471 e. The van der Waals surface area contributed by atoms with Gasteiger partial charge in [0.25, 0.3) is 10.1 Å². The van der Waals surface area contributed by atoms with Gasteiger partial charge in [0, 0.05) is 6.07 Å². The number of hydrogen-bond donors (Lipinski definition) is 1. The molecule has 0 heterocycles. The summed E-state index contributed by atoms with van der Waals surface area (Å²) in [5.41, 5.74) is 0. The van der Waals surface area contributed by atoms with Crippen LogP contribution in [0.15, 0.2) is 29.2 Å². The average molecular weight is 792 g/mol. The molecule has 282 valence electrons. The van der Waals surface area contributed by atoms with Crippen LogP contribution in [0.3, 0.4) is 0 Å². The van der Waals surface area contributed by atoms with Gasteiger partial charge in [0.1, 0.15) is 5.75 Å². The molecule has 1 aromatic rings. The highest BCUT2D eigenvalue weighted by Gasteiger charge is 2.99. The Kier molecular flexibility index (Phi) is 9.98. The summed E-state index contributed by atoms with van der Waals surface area (Å²) in [6.45, 7) is 0. The van der Waals surface area contributed by atoms with Crippen LogP contribution in [0.1, 0.15) is 0 Å². The van der Waals surface area contributed by atoms with E-state index in [4.69, 9.17) is 4.55 Å². The summed E-state index contributed by atoms with van der Waals surface area (Å²) in [6, 6.07) is -0.471. The Labute approximate surface area is 245 Å². The maximum absolute atomic E-state index is 13.9. The highest BCUT2D eigenvalue weighted by atomic mass is 32.2. The lowest BCUT2D eigenvalue weighted by Gasteiger charge is -2.45. The van der Waals surface area contributed by atoms with E-state index in [0.29, 0.717) is 0 Å². The lowest BCUT2D eigenvalue weighted by atomic mass is 9.85. The van der Waals surface area contributed by atoms with Gasteiger partial charge >= 0.3 is 71.5 Å². The first-order valence-corrected chi connectivity index (χ1v) is 11.9. The van der Waals surface area contributed by atoms with Crippen molar-refractivity contribution in [1.29, 1.82) is 0 Å². The standard InChI is InChI=1S/C18H5F25O4S/c19-7(20,9(23,24)11(27,28)13(31,32)15(35,36)17(39,40)41)8(21,22)10(25,26)12(29,30)14(33,34)16(37,38)18(42,43)47-5-2-1-3-6(4-5)48(44,45)46/h1-4H,(H,44,45,46). The van der Waals surface area contributed by atoms with Gasteiger partial charge in [-0.15, -0.1) is 0 Å². The first kappa shape index (κ1) is 43.2. The fraction of sp³-hybridized carbons (Fsp3) is 0.667. The molecule has 48 heavy (non-hydrogen) atoms. The monoisotopic (exact) mass is 792 g/mol. The van der Waals surface area contributed by atoms with E-state index in [9.17, 15) is 118 Å². The topological polar surface area (TPSA) is 63.6 Å². The first-order valence-electron chi connectivity index (χ1n) is 10.4. The smallest absolute Gasteiger partial charge is 0.428 e. The van der Waals surface area contributed by atoms with Crippen molar-refractivity contribution in [2.45, 2.75) is 76.4 Å². The molecule has 1 aromatic carbocycles. The SMILES string of the molecule is O=S(=O)(O)c1cccc(OC(F)(F)C(F)(F)C(F)(F)C(F)(F)C(F)(F)C(F)(F)C(F)(F)C(F)(F)C(F)(F)C(F)(F)C(F)(F)C(F)(F)F)c1. The minimum atomic E-state index is -9.71. The Bertz CT molecular complexity index is 1460. The number of hydrogen-bond acceptors (Lipinski definition) is 3. The van der Waals surface area contributed by atoms with Crippen LogP contribution < -0.4 is 4.74 Å². The van der Waals surface area contributed by atoms with Gasteiger partial charge in [-0.2, -0.15) is 118 Å². The summed E-state index contributed by atoms with van der Waals surface area (Å²) in [6.07, 6.45) is -15.8. The second kappa shape index (κ2) is 11.1. The van der Waals surface area contributed by atoms with Crippen molar-refractivity contribution in [2.24, 2.45) is 0 Å². The number of halogens is 25. The molecule has 0 atom stereocenters. The molecule has 0 aromatic heterocycles. The lowest BCUT2D eigenvalue weighted by Crippen LogP contribution is -2.78. The van der Waals surface area contributed by atoms with Crippen molar-refractivity contribution < 1.29 is 127 Å². The highest BCUT2D eigenvalue weighted by Crippen LogP contribution is 2.67. The van der Waals surface area contributed by atoms with Gasteiger partial charge in [0.05, 0.1) is 4.90 Å². The molecule has 0 aliphatic heterocycles. The third-order valence-corrected chi connectivity index (χ3v) is 6.47. The second-order valence-corrected chi connectivity index (χ2v) is 10.2. The van der Waals surface area contributed by atoms with Crippen molar-refractivity contribution in [3.63, 3.8) is 0 Å². The zero-order valence-corrected chi connectivity index (χ0v) is 21.7. The Hall–Kier alpha value is -2.82. The summed E-state index contributed by atoms with van der Waals surface area (Å²) in [4.78, 5) is -1.68. The van der Waals surface area contributed by atoms with Crippen LogP contribution in [0, 0.1) is 0 Å². The van der Waals surface area contributed by atoms with Gasteiger partial charge in [-0.3, -0.25) is 4.55 Å². The molecule has 0 saturated heterocycles. The fourth-order valence-electron chi connectivity index (χ4n) is 2.85. The molecule has 0 radical (unpaired) electrons. The first-order chi connectivity index (χ1) is 20.4. The molecule has 30 heteroatoms. The van der Waals surface area contributed by atoms with Crippen molar-refractivity contribution in [3.05, 3.63) is 24.3 Å². The normalized spacial score (nSPS) is 16.3. The highest BCUT2D eigenvalue weighted by molar-refractivity contribution is 7.85. The predicted octanol–water partition coefficient (Wildman–Crippen LogP) is 8.82. The molecule has 1 N–H and O–H groups in total. The van der Waals surface area contributed by atoms with Crippen LogP contribution in [-0.2, 0) is 10.1 Å². The molecule has 0 aliphatic carbocycles. The van der Waals surface area contributed by atoms with E-state index in [1.807, 2.05) is 0 Å². The zero-order chi connectivity index (χ0) is 39.2. The lowest BCUT2D eigenvalue weighted by molar-refractivity contribution is -0.486. The third-order valence-electron chi connectivity index (χ3n) is 5.62. The molecule has 0 unspecified atom stereocenters. The molecule has 0 bridgehead atoms. The van der Waals surface area contributed by atoms with Crippen molar-refractivity contribution in [3.8, 4) is 5.75 Å². The minimum absolute atomic E-state index is 0.0975. The van der Waals surface area contributed by atoms with Crippen LogP contribution in [0.4, 0.5) is 110 Å². The van der Waals surface area contributed by atoms with E-state index in [1.165, 1.54) is 0 Å². The molecule has 0 fully saturated rings. The van der Waals surface area contributed by atoms with E-state index in [2.05, 4.69) is 4.74 Å². The average Bonchev–Trinajstić information content (AvgIpc) is 2.86. The van der Waals surface area contributed by atoms with E-state index < -0.39 is 98.3 Å². The van der Waals surface area contributed by atoms with Crippen LogP contribution in [0.5, 0.6) is 5.75 Å². The van der Waals surface area contributed by atoms with Gasteiger partial charge in [-0.1, -0.05) is 6.07 Å². The van der Waals surface area contributed by atoms with Crippen molar-refractivity contribution in [2.75, 3.05) is 0 Å². The quantitative estimate of drug-likeness (QED) is 0.160. The predicted molar refractivity (Wildman–Crippen MR) is 97.4 cm³/mol. The molecule has 4 nitrogen and oxygen atoms in total. The largest absolute Gasteiger partial charge is 0.471 e. The molecule has 0 saturated carbocycles. The summed E-state index contributed by atoms with van der Waals surface area (Å²) in [7, 11) is -5.56. The molecular weight excluding hydrogens is 787 g/mol. The summed E-state index contributed by atoms with van der Waals surface area (Å²) in [5.74, 6) is -95.3. The molecular formula is C18H5F25O4S. The summed E-state index contributed by atoms with van der Waals surface area (Å²) in [5, 5.41) is 0. The third kappa shape index (κ3) is 5.59. The van der Waals surface area contributed by atoms with Crippen LogP contribution in [0.25, 0.3) is 0 Å². The van der Waals surface area contributed by atoms with E-state index >= 15 is 0 Å². The van der Waals surface area contributed by atoms with Crippen LogP contribution >= 0.6 is 0 Å². The number of ether oxygens (including phenoxy) is 1. The number of rotatable bonds is 13. The molecule has 0 aliphatic rings. The minimum Gasteiger partial charge on any atom is -0.428 e. The number of alkyl halides is 25. The Morgan fingerprint density at radius 2 is 0.708 bits per heavy atom. The van der Waals surface area contributed by atoms with Crippen LogP contribution in [0.2, 0.25) is 0 Å². The van der Waals surface area contributed by atoms with Gasteiger partial charge < -0.3 is 4.74 Å². The zero-order valence-electron chi connectivity index (χ0n) is 20.8. The van der Waals surface area contributed by atoms with E-state index in [1.54, 1.807) is 0 Å². The second-order valence-electron chi connectivity index (χ2n) is 8.81. The van der Waals surface area contributed by atoms with Gasteiger partial charge in [0.15, 0.2) is 0 Å². The number of benzene rings is 1. The van der Waals surface area contributed by atoms with Gasteiger partial charge in [-0.25, -0.2) is 0 Å². The summed E-state index contributed by atoms with van der Waals surface area (Å²) < 4.78 is 370. The van der Waals surface area contributed by atoms with Gasteiger partial charge in [0.2, 0.25) is 0 Å². The van der Waals surface area contributed by atoms with E-state index in [-0.39, 0.29) is 18.2 Å². The summed E-state index contributed by atoms with van der Waals surface area (Å²) >= 11 is 0. The van der Waals surface area contributed by atoms with Crippen molar-refractivity contribution >= 4 is 10.1 Å². The fourth-order valence-corrected chi connectivity index (χ4v) is 3.36. The Balaban J connectivity index is 3.86. The molecule has 0 amide bonds. The van der Waals surface area contributed by atoms with E-state index in [0.717, 1.165) is 0 Å². The Morgan fingerprint density at radius 3 is 0.979 bits per heavy atom.